The van der Waals surface area contributed by atoms with E-state index in [9.17, 15) is 19.5 Å². The van der Waals surface area contributed by atoms with E-state index < -0.39 is 23.2 Å². The molecule has 0 radical (unpaired) electrons. The van der Waals surface area contributed by atoms with E-state index in [0.717, 1.165) is 11.1 Å². The van der Waals surface area contributed by atoms with Gasteiger partial charge in [0, 0.05) is 11.1 Å². The molecule has 2 aromatic rings. The fourth-order valence-electron chi connectivity index (χ4n) is 2.50. The Kier molecular flexibility index (Phi) is 4.15. The van der Waals surface area contributed by atoms with E-state index >= 15 is 0 Å². The Morgan fingerprint density at radius 3 is 1.84 bits per heavy atom. The van der Waals surface area contributed by atoms with Crippen molar-refractivity contribution in [1.29, 1.82) is 0 Å². The summed E-state index contributed by atoms with van der Waals surface area (Å²) in [5, 5.41) is 10.5. The van der Waals surface area contributed by atoms with Crippen molar-refractivity contribution in [3.63, 3.8) is 0 Å². The third kappa shape index (κ3) is 3.04. The number of aryl methyl sites for hydroxylation is 2. The molecule has 1 amide bonds. The Morgan fingerprint density at radius 1 is 0.840 bits per heavy atom. The Hall–Kier alpha value is -3.34. The van der Waals surface area contributed by atoms with Gasteiger partial charge in [0.25, 0.3) is 5.78 Å². The molecule has 25 heavy (non-hydrogen) atoms. The molecule has 1 N–H and O–H groups in total. The van der Waals surface area contributed by atoms with Gasteiger partial charge in [0.15, 0.2) is 0 Å². The van der Waals surface area contributed by atoms with E-state index in [4.69, 9.17) is 0 Å². The third-order valence-corrected chi connectivity index (χ3v) is 3.96. The van der Waals surface area contributed by atoms with Crippen LogP contribution in [-0.4, -0.2) is 28.3 Å². The zero-order chi connectivity index (χ0) is 18.1. The van der Waals surface area contributed by atoms with E-state index in [2.05, 4.69) is 4.99 Å². The number of carbonyl (C=O) groups excluding carboxylic acids is 3. The Labute approximate surface area is 144 Å². The molecule has 2 aromatic carbocycles. The molecule has 0 unspecified atom stereocenters. The number of rotatable bonds is 3. The molecule has 0 atom stereocenters. The van der Waals surface area contributed by atoms with Crippen LogP contribution in [0.1, 0.15) is 27.0 Å². The van der Waals surface area contributed by atoms with Crippen molar-refractivity contribution in [1.82, 2.24) is 0 Å². The minimum absolute atomic E-state index is 0.293. The third-order valence-electron chi connectivity index (χ3n) is 3.96. The van der Waals surface area contributed by atoms with Gasteiger partial charge in [-0.25, -0.2) is 4.99 Å². The highest BCUT2D eigenvalue weighted by atomic mass is 16.3. The Balaban J connectivity index is 2.09. The van der Waals surface area contributed by atoms with Crippen molar-refractivity contribution < 1.29 is 19.5 Å². The lowest BCUT2D eigenvalue weighted by Crippen LogP contribution is -2.19. The number of aliphatic hydroxyl groups excluding tert-OH is 1. The lowest BCUT2D eigenvalue weighted by Gasteiger charge is -2.07. The van der Waals surface area contributed by atoms with Crippen LogP contribution in [-0.2, 0) is 9.59 Å². The number of hydrogen-bond donors (Lipinski definition) is 1. The summed E-state index contributed by atoms with van der Waals surface area (Å²) in [5.41, 5.74) is 1.90. The average molecular weight is 333 g/mol. The molecule has 0 aromatic heterocycles. The Morgan fingerprint density at radius 2 is 1.32 bits per heavy atom. The second-order valence-corrected chi connectivity index (χ2v) is 5.88. The van der Waals surface area contributed by atoms with Crippen LogP contribution in [0, 0.1) is 13.8 Å². The second kappa shape index (κ2) is 6.28. The quantitative estimate of drug-likeness (QED) is 0.405. The Bertz CT molecular complexity index is 948. The minimum Gasteiger partial charge on any atom is -0.506 e. The van der Waals surface area contributed by atoms with Crippen molar-refractivity contribution >= 4 is 28.9 Å². The van der Waals surface area contributed by atoms with Gasteiger partial charge in [-0.05, 0) is 13.8 Å². The van der Waals surface area contributed by atoms with Gasteiger partial charge in [-0.1, -0.05) is 59.7 Å². The smallest absolute Gasteiger partial charge is 0.318 e. The fraction of sp³-hybridized carbons (Fsp3) is 0.100. The number of amides is 1. The van der Waals surface area contributed by atoms with E-state index in [1.807, 2.05) is 13.8 Å². The molecule has 5 heteroatoms. The van der Waals surface area contributed by atoms with Gasteiger partial charge in [-0.2, -0.15) is 0 Å². The molecule has 5 nitrogen and oxygen atoms in total. The molecule has 1 aliphatic heterocycles. The highest BCUT2D eigenvalue weighted by molar-refractivity contribution is 6.70. The van der Waals surface area contributed by atoms with Crippen molar-refractivity contribution in [2.24, 2.45) is 4.99 Å². The summed E-state index contributed by atoms with van der Waals surface area (Å²) in [7, 11) is 0. The van der Waals surface area contributed by atoms with Gasteiger partial charge < -0.3 is 5.11 Å². The summed E-state index contributed by atoms with van der Waals surface area (Å²) >= 11 is 0. The van der Waals surface area contributed by atoms with Crippen molar-refractivity contribution in [2.45, 2.75) is 13.8 Å². The highest BCUT2D eigenvalue weighted by Crippen LogP contribution is 2.24. The number of carbonyl (C=O) groups is 3. The largest absolute Gasteiger partial charge is 0.506 e. The van der Waals surface area contributed by atoms with Crippen LogP contribution in [0.25, 0.3) is 5.76 Å². The van der Waals surface area contributed by atoms with Crippen LogP contribution in [0.15, 0.2) is 59.1 Å². The topological polar surface area (TPSA) is 83.8 Å². The maximum Gasteiger partial charge on any atom is 0.318 e. The maximum absolute atomic E-state index is 12.7. The average Bonchev–Trinajstić information content (AvgIpc) is 2.90. The molecule has 0 saturated heterocycles. The second-order valence-electron chi connectivity index (χ2n) is 5.88. The lowest BCUT2D eigenvalue weighted by atomic mass is 9.96. The molecular weight excluding hydrogens is 318 g/mol. The first-order valence-electron chi connectivity index (χ1n) is 7.68. The predicted molar refractivity (Wildman–Crippen MR) is 93.7 cm³/mol. The summed E-state index contributed by atoms with van der Waals surface area (Å²) in [4.78, 5) is 40.1. The monoisotopic (exact) mass is 333 g/mol. The maximum atomic E-state index is 12.7. The van der Waals surface area contributed by atoms with Gasteiger partial charge in [0.05, 0.1) is 0 Å². The molecule has 0 spiro atoms. The molecule has 124 valence electrons. The molecule has 0 fully saturated rings. The summed E-state index contributed by atoms with van der Waals surface area (Å²) in [6.07, 6.45) is 0. The zero-order valence-corrected chi connectivity index (χ0v) is 13.7. The standard InChI is InChI=1S/C20H15NO4/c1-11-3-7-13(8-4-11)17(22)15-16(21-20(25)19(15)24)18(23)14-9-5-12(2)6-10-14/h3-10,22H,1-2H3. The number of nitrogens with zero attached hydrogens (tertiary/aromatic N) is 1. The van der Waals surface area contributed by atoms with Crippen LogP contribution in [0.3, 0.4) is 0 Å². The normalized spacial score (nSPS) is 16.0. The van der Waals surface area contributed by atoms with Gasteiger partial charge in [-0.15, -0.1) is 0 Å². The fourth-order valence-corrected chi connectivity index (χ4v) is 2.50. The van der Waals surface area contributed by atoms with Crippen molar-refractivity contribution in [2.75, 3.05) is 0 Å². The van der Waals surface area contributed by atoms with E-state index in [1.54, 1.807) is 48.5 Å². The van der Waals surface area contributed by atoms with Crippen LogP contribution < -0.4 is 0 Å². The molecular formula is C20H15NO4. The molecule has 0 bridgehead atoms. The highest BCUT2D eigenvalue weighted by Gasteiger charge is 2.38. The zero-order valence-electron chi connectivity index (χ0n) is 13.7. The van der Waals surface area contributed by atoms with Crippen LogP contribution in [0.4, 0.5) is 0 Å². The van der Waals surface area contributed by atoms with E-state index in [1.165, 1.54) is 0 Å². The summed E-state index contributed by atoms with van der Waals surface area (Å²) in [5.74, 6) is -3.03. The summed E-state index contributed by atoms with van der Waals surface area (Å²) in [6, 6.07) is 13.4. The van der Waals surface area contributed by atoms with Gasteiger partial charge in [0.2, 0.25) is 5.78 Å². The first kappa shape index (κ1) is 16.5. The van der Waals surface area contributed by atoms with Crippen LogP contribution >= 0.6 is 0 Å². The molecule has 3 rings (SSSR count). The molecule has 1 heterocycles. The van der Waals surface area contributed by atoms with Crippen LogP contribution in [0.5, 0.6) is 0 Å². The van der Waals surface area contributed by atoms with E-state index in [0.29, 0.717) is 11.1 Å². The number of Topliss-reactive ketones (excluding diaryl/α,β-unsaturated/α-hetero) is 2. The summed E-state index contributed by atoms with van der Waals surface area (Å²) < 4.78 is 0. The lowest BCUT2D eigenvalue weighted by molar-refractivity contribution is -0.132. The minimum atomic E-state index is -1.05. The summed E-state index contributed by atoms with van der Waals surface area (Å²) in [6.45, 7) is 3.76. The number of benzene rings is 2. The molecule has 0 aliphatic carbocycles. The predicted octanol–water partition coefficient (Wildman–Crippen LogP) is 3.01. The van der Waals surface area contributed by atoms with Gasteiger partial charge in [-0.3, -0.25) is 14.4 Å². The SMILES string of the molecule is Cc1ccc(C(=O)C2=NC(=O)C(=O)C2=C(O)c2ccc(C)cc2)cc1. The van der Waals surface area contributed by atoms with Gasteiger partial charge >= 0.3 is 5.91 Å². The first-order valence-corrected chi connectivity index (χ1v) is 7.68. The number of hydrogen-bond acceptors (Lipinski definition) is 4. The molecule has 0 saturated carbocycles. The van der Waals surface area contributed by atoms with E-state index in [-0.39, 0.29) is 11.3 Å². The first-order chi connectivity index (χ1) is 11.9. The number of aliphatic imine (C=N–C) groups is 1. The van der Waals surface area contributed by atoms with Crippen LogP contribution in [0.2, 0.25) is 0 Å². The van der Waals surface area contributed by atoms with Crippen molar-refractivity contribution in [3.05, 3.63) is 76.4 Å². The number of ketones is 2. The van der Waals surface area contributed by atoms with Gasteiger partial charge in [0.1, 0.15) is 17.0 Å². The molecule has 1 aliphatic rings. The van der Waals surface area contributed by atoms with Crippen molar-refractivity contribution in [3.8, 4) is 0 Å². The number of aliphatic hydroxyl groups is 1.